The van der Waals surface area contributed by atoms with Crippen LogP contribution in [0.1, 0.15) is 58.4 Å². The Morgan fingerprint density at radius 1 is 1.00 bits per heavy atom. The molecule has 1 heterocycles. The van der Waals surface area contributed by atoms with Gasteiger partial charge in [0.05, 0.1) is 19.2 Å². The first-order chi connectivity index (χ1) is 17.3. The summed E-state index contributed by atoms with van der Waals surface area (Å²) in [6.07, 6.45) is 1.01. The van der Waals surface area contributed by atoms with Crippen LogP contribution in [0, 0.1) is 0 Å². The molecule has 188 valence electrons. The number of nitrogens with zero attached hydrogens (tertiary/aromatic N) is 1. The Morgan fingerprint density at radius 3 is 2.08 bits per heavy atom. The number of carbonyl (C=O) groups excluding carboxylic acids is 3. The summed E-state index contributed by atoms with van der Waals surface area (Å²) >= 11 is 0. The van der Waals surface area contributed by atoms with Gasteiger partial charge in [-0.25, -0.2) is 9.78 Å². The van der Waals surface area contributed by atoms with Crippen LogP contribution in [0.3, 0.4) is 0 Å². The molecular weight excluding hydrogens is 464 g/mol. The van der Waals surface area contributed by atoms with Gasteiger partial charge < -0.3 is 25.5 Å². The van der Waals surface area contributed by atoms with Gasteiger partial charge in [-0.2, -0.15) is 0 Å². The highest BCUT2D eigenvalue weighted by atomic mass is 16.5. The van der Waals surface area contributed by atoms with Crippen molar-refractivity contribution in [2.75, 3.05) is 13.2 Å². The quantitative estimate of drug-likeness (QED) is 0.315. The van der Waals surface area contributed by atoms with Crippen LogP contribution in [0.2, 0.25) is 0 Å². The van der Waals surface area contributed by atoms with Crippen molar-refractivity contribution in [2.45, 2.75) is 31.9 Å². The van der Waals surface area contributed by atoms with Crippen molar-refractivity contribution in [3.8, 4) is 0 Å². The van der Waals surface area contributed by atoms with E-state index in [0.717, 1.165) is 17.3 Å². The molecule has 3 aromatic rings. The zero-order chi connectivity index (χ0) is 26.1. The Morgan fingerprint density at radius 2 is 1.58 bits per heavy atom. The van der Waals surface area contributed by atoms with Crippen molar-refractivity contribution in [2.24, 2.45) is 0 Å². The Hall–Kier alpha value is -4.31. The maximum Gasteiger partial charge on any atom is 0.339 e. The van der Waals surface area contributed by atoms with Gasteiger partial charge in [0.2, 0.25) is 0 Å². The van der Waals surface area contributed by atoms with Crippen LogP contribution in [0.25, 0.3) is 0 Å². The lowest BCUT2D eigenvalue weighted by Crippen LogP contribution is -2.50. The van der Waals surface area contributed by atoms with Gasteiger partial charge in [0.25, 0.3) is 17.4 Å². The molecule has 0 aliphatic carbocycles. The minimum atomic E-state index is -1.92. The van der Waals surface area contributed by atoms with E-state index in [1.807, 2.05) is 60.7 Å². The van der Waals surface area contributed by atoms with E-state index >= 15 is 0 Å². The predicted octanol–water partition coefficient (Wildman–Crippen LogP) is 1.72. The third-order valence-electron chi connectivity index (χ3n) is 5.58. The first-order valence-corrected chi connectivity index (χ1v) is 11.5. The highest BCUT2D eigenvalue weighted by Gasteiger charge is 2.36. The average molecular weight is 493 g/mol. The number of amides is 2. The number of aromatic amines is 1. The molecule has 2 aromatic carbocycles. The molecule has 1 unspecified atom stereocenters. The van der Waals surface area contributed by atoms with Crippen LogP contribution in [0.4, 0.5) is 0 Å². The topological polar surface area (TPSA) is 150 Å². The maximum atomic E-state index is 13.0. The maximum absolute atomic E-state index is 13.0. The largest absolute Gasteiger partial charge is 0.464 e. The Balaban J connectivity index is 1.75. The molecule has 0 bridgehead atoms. The van der Waals surface area contributed by atoms with E-state index in [1.165, 1.54) is 0 Å². The lowest BCUT2D eigenvalue weighted by atomic mass is 9.98. The number of benzene rings is 2. The number of aromatic nitrogens is 2. The molecule has 4 N–H and O–H groups in total. The molecular formula is C26H28N4O6. The van der Waals surface area contributed by atoms with Gasteiger partial charge in [-0.1, -0.05) is 67.6 Å². The molecule has 0 saturated carbocycles. The van der Waals surface area contributed by atoms with E-state index in [-0.39, 0.29) is 24.4 Å². The summed E-state index contributed by atoms with van der Waals surface area (Å²) in [7, 11) is 0. The van der Waals surface area contributed by atoms with Gasteiger partial charge in [-0.05, 0) is 24.5 Å². The summed E-state index contributed by atoms with van der Waals surface area (Å²) in [5, 5.41) is 15.6. The van der Waals surface area contributed by atoms with Crippen molar-refractivity contribution in [3.63, 3.8) is 0 Å². The average Bonchev–Trinajstić information content (AvgIpc) is 2.91. The monoisotopic (exact) mass is 492 g/mol. The highest BCUT2D eigenvalue weighted by molar-refractivity contribution is 5.95. The van der Waals surface area contributed by atoms with Crippen LogP contribution >= 0.6 is 0 Å². The summed E-state index contributed by atoms with van der Waals surface area (Å²) < 4.78 is 4.83. The number of esters is 1. The highest BCUT2D eigenvalue weighted by Crippen LogP contribution is 2.22. The Bertz CT molecular complexity index is 1220. The second kappa shape index (κ2) is 11.9. The molecule has 1 atom stereocenters. The van der Waals surface area contributed by atoms with Crippen LogP contribution in [0.5, 0.6) is 0 Å². The Labute approximate surface area is 207 Å². The summed E-state index contributed by atoms with van der Waals surface area (Å²) in [6, 6.07) is 18.0. The molecule has 0 aliphatic heterocycles. The van der Waals surface area contributed by atoms with Crippen molar-refractivity contribution in [1.82, 2.24) is 20.6 Å². The standard InChI is InChI=1S/C26H28N4O6/c1-3-26(35,25(34)36-4-2)16-28-24(33)21-27-15-19(23(32)30-21)22(31)29-20(17-11-7-5-8-12-17)18-13-9-6-10-14-18/h5-15,20,35H,3-4,16H2,1-2H3,(H,28,33)(H,29,31)(H,27,30,32). The second-order valence-corrected chi connectivity index (χ2v) is 7.99. The van der Waals surface area contributed by atoms with Crippen LogP contribution in [-0.2, 0) is 9.53 Å². The van der Waals surface area contributed by atoms with E-state index in [2.05, 4.69) is 20.6 Å². The molecule has 10 nitrogen and oxygen atoms in total. The third-order valence-corrected chi connectivity index (χ3v) is 5.58. The third kappa shape index (κ3) is 6.22. The van der Waals surface area contributed by atoms with E-state index in [4.69, 9.17) is 4.74 Å². The fourth-order valence-corrected chi connectivity index (χ4v) is 3.45. The molecule has 0 fully saturated rings. The van der Waals surface area contributed by atoms with Gasteiger partial charge >= 0.3 is 5.97 Å². The summed E-state index contributed by atoms with van der Waals surface area (Å²) in [5.74, 6) is -2.74. The van der Waals surface area contributed by atoms with Crippen LogP contribution < -0.4 is 16.2 Å². The number of ether oxygens (including phenoxy) is 1. The molecule has 36 heavy (non-hydrogen) atoms. The number of hydrogen-bond donors (Lipinski definition) is 4. The zero-order valence-corrected chi connectivity index (χ0v) is 20.0. The molecule has 1 aromatic heterocycles. The minimum Gasteiger partial charge on any atom is -0.464 e. The van der Waals surface area contributed by atoms with E-state index < -0.39 is 41.5 Å². The van der Waals surface area contributed by atoms with E-state index in [1.54, 1.807) is 13.8 Å². The number of aliphatic hydroxyl groups is 1. The normalized spacial score (nSPS) is 12.4. The van der Waals surface area contributed by atoms with Crippen molar-refractivity contribution in [3.05, 3.63) is 99.7 Å². The lowest BCUT2D eigenvalue weighted by Gasteiger charge is -2.24. The van der Waals surface area contributed by atoms with Gasteiger partial charge in [-0.3, -0.25) is 14.4 Å². The number of carbonyl (C=O) groups is 3. The zero-order valence-electron chi connectivity index (χ0n) is 20.0. The lowest BCUT2D eigenvalue weighted by molar-refractivity contribution is -0.164. The fourth-order valence-electron chi connectivity index (χ4n) is 3.45. The molecule has 10 heteroatoms. The first-order valence-electron chi connectivity index (χ1n) is 11.5. The summed E-state index contributed by atoms with van der Waals surface area (Å²) in [5.41, 5.74) is -1.37. The van der Waals surface area contributed by atoms with Gasteiger partial charge in [-0.15, -0.1) is 0 Å². The van der Waals surface area contributed by atoms with Crippen LogP contribution in [-0.4, -0.2) is 51.6 Å². The molecule has 3 rings (SSSR count). The Kier molecular flexibility index (Phi) is 8.69. The number of hydrogen-bond acceptors (Lipinski definition) is 7. The SMILES string of the molecule is CCOC(=O)C(O)(CC)CNC(=O)c1ncc(C(=O)NC(c2ccccc2)c2ccccc2)c(=O)[nH]1. The minimum absolute atomic E-state index is 0.000827. The van der Waals surface area contributed by atoms with Gasteiger partial charge in [0, 0.05) is 6.20 Å². The fraction of sp³-hybridized carbons (Fsp3) is 0.269. The number of H-pyrrole nitrogens is 1. The molecule has 0 spiro atoms. The number of rotatable bonds is 10. The van der Waals surface area contributed by atoms with Gasteiger partial charge in [0.1, 0.15) is 5.56 Å². The van der Waals surface area contributed by atoms with Gasteiger partial charge in [0.15, 0.2) is 11.4 Å². The van der Waals surface area contributed by atoms with Crippen molar-refractivity contribution >= 4 is 17.8 Å². The number of nitrogens with one attached hydrogen (secondary N) is 3. The van der Waals surface area contributed by atoms with E-state index in [0.29, 0.717) is 0 Å². The second-order valence-electron chi connectivity index (χ2n) is 7.99. The summed E-state index contributed by atoms with van der Waals surface area (Å²) in [6.45, 7) is 2.79. The molecule has 0 aliphatic rings. The first kappa shape index (κ1) is 26.3. The molecule has 2 amide bonds. The van der Waals surface area contributed by atoms with Crippen LogP contribution in [0.15, 0.2) is 71.7 Å². The molecule has 0 saturated heterocycles. The predicted molar refractivity (Wildman–Crippen MR) is 131 cm³/mol. The molecule has 0 radical (unpaired) electrons. The van der Waals surface area contributed by atoms with Crippen molar-refractivity contribution in [1.29, 1.82) is 0 Å². The summed E-state index contributed by atoms with van der Waals surface area (Å²) in [4.78, 5) is 56.2. The van der Waals surface area contributed by atoms with Crippen molar-refractivity contribution < 1.29 is 24.2 Å². The van der Waals surface area contributed by atoms with E-state index in [9.17, 15) is 24.3 Å². The smallest absolute Gasteiger partial charge is 0.339 e.